The smallest absolute Gasteiger partial charge is 0.237 e. The Kier molecular flexibility index (Phi) is 6.88. The van der Waals surface area contributed by atoms with Gasteiger partial charge in [0.05, 0.1) is 11.4 Å². The quantitative estimate of drug-likeness (QED) is 0.302. The van der Waals surface area contributed by atoms with Crippen molar-refractivity contribution in [3.63, 3.8) is 0 Å². The van der Waals surface area contributed by atoms with Gasteiger partial charge in [0.15, 0.2) is 0 Å². The summed E-state index contributed by atoms with van der Waals surface area (Å²) < 4.78 is 6.19. The van der Waals surface area contributed by atoms with Gasteiger partial charge in [-0.15, -0.1) is 0 Å². The third-order valence-electron chi connectivity index (χ3n) is 5.87. The lowest BCUT2D eigenvalue weighted by Gasteiger charge is -2.19. The van der Waals surface area contributed by atoms with Crippen molar-refractivity contribution in [2.45, 2.75) is 39.7 Å². The number of likely N-dealkylation sites (tertiary alicyclic amines) is 1. The van der Waals surface area contributed by atoms with Crippen LogP contribution in [0.1, 0.15) is 49.9 Å². The number of hydrogen-bond donors (Lipinski definition) is 2. The molecule has 8 nitrogen and oxygen atoms in total. The lowest BCUT2D eigenvalue weighted by atomic mass is 10.1. The Bertz CT molecular complexity index is 1180. The van der Waals surface area contributed by atoms with Crippen LogP contribution >= 0.6 is 0 Å². The maximum Gasteiger partial charge on any atom is 0.237 e. The molecule has 2 aromatic carbocycles. The normalized spacial score (nSPS) is 15.6. The molecule has 176 valence electrons. The van der Waals surface area contributed by atoms with Gasteiger partial charge in [0.2, 0.25) is 11.8 Å². The summed E-state index contributed by atoms with van der Waals surface area (Å²) in [6.07, 6.45) is 0.558. The van der Waals surface area contributed by atoms with Gasteiger partial charge >= 0.3 is 0 Å². The minimum Gasteiger partial charge on any atom is -0.457 e. The number of hydrogen-bond acceptors (Lipinski definition) is 7. The third-order valence-corrected chi connectivity index (χ3v) is 5.87. The summed E-state index contributed by atoms with van der Waals surface area (Å²) in [4.78, 5) is 18.7. The fourth-order valence-electron chi connectivity index (χ4n) is 3.94. The predicted molar refractivity (Wildman–Crippen MR) is 129 cm³/mol. The average molecular weight is 460 g/mol. The Morgan fingerprint density at radius 2 is 1.91 bits per heavy atom. The number of nitrogens with two attached hydrogens (primary N) is 1. The molecule has 0 saturated carbocycles. The Labute approximate surface area is 199 Å². The van der Waals surface area contributed by atoms with E-state index in [4.69, 9.17) is 16.0 Å². The predicted octanol–water partition coefficient (Wildman–Crippen LogP) is 4.64. The summed E-state index contributed by atoms with van der Waals surface area (Å²) in [5.74, 6) is 6.97. The van der Waals surface area contributed by atoms with E-state index in [2.05, 4.69) is 35.8 Å². The molecule has 4 rings (SSSR count). The first-order valence-corrected chi connectivity index (χ1v) is 11.3. The van der Waals surface area contributed by atoms with E-state index in [9.17, 15) is 4.79 Å². The topological polar surface area (TPSA) is 114 Å². The van der Waals surface area contributed by atoms with Crippen LogP contribution in [0.3, 0.4) is 0 Å². The zero-order valence-electron chi connectivity index (χ0n) is 19.6. The zero-order valence-corrected chi connectivity index (χ0v) is 19.6. The van der Waals surface area contributed by atoms with E-state index in [1.54, 1.807) is 12.1 Å². The molecule has 2 heterocycles. The van der Waals surface area contributed by atoms with Gasteiger partial charge in [-0.2, -0.15) is 16.1 Å². The molecule has 3 aromatic rings. The summed E-state index contributed by atoms with van der Waals surface area (Å²) in [6.45, 7) is 7.39. The molecule has 1 aliphatic heterocycles. The maximum absolute atomic E-state index is 12.3. The zero-order chi connectivity index (χ0) is 24.2. The van der Waals surface area contributed by atoms with Crippen LogP contribution in [0.15, 0.2) is 54.6 Å². The summed E-state index contributed by atoms with van der Waals surface area (Å²) >= 11 is 0. The fourth-order valence-corrected chi connectivity index (χ4v) is 3.94. The highest BCUT2D eigenvalue weighted by Gasteiger charge is 2.27. The molecule has 1 saturated heterocycles. The molecule has 0 radical (unpaired) electrons. The van der Waals surface area contributed by atoms with Crippen LogP contribution in [0, 0.1) is 11.3 Å². The summed E-state index contributed by atoms with van der Waals surface area (Å²) in [5.41, 5.74) is 4.00. The molecule has 1 fully saturated rings. The highest BCUT2D eigenvalue weighted by molar-refractivity contribution is 5.92. The molecule has 1 aromatic heterocycles. The van der Waals surface area contributed by atoms with Gasteiger partial charge in [0.1, 0.15) is 11.5 Å². The Morgan fingerprint density at radius 1 is 1.15 bits per heavy atom. The molecule has 0 spiro atoms. The largest absolute Gasteiger partial charge is 0.457 e. The van der Waals surface area contributed by atoms with Crippen LogP contribution < -0.4 is 10.6 Å². The number of amides is 1. The second-order valence-electron chi connectivity index (χ2n) is 8.98. The molecule has 0 bridgehead atoms. The maximum atomic E-state index is 12.3. The second kappa shape index (κ2) is 10.0. The number of carbonyl (C=O) groups is 1. The Hall–Kier alpha value is -3.78. The minimum atomic E-state index is -0.166. The molecule has 3 N–H and O–H groups in total. The Balaban J connectivity index is 1.57. The van der Waals surface area contributed by atoms with Crippen molar-refractivity contribution in [3.05, 3.63) is 71.4 Å². The van der Waals surface area contributed by atoms with Crippen LogP contribution in [0.5, 0.6) is 11.5 Å². The summed E-state index contributed by atoms with van der Waals surface area (Å²) in [7, 11) is 0. The number of rotatable bonds is 7. The molecule has 1 amide bonds. The monoisotopic (exact) mass is 459 g/mol. The number of nitrogens with one attached hydrogen (secondary N) is 1. The van der Waals surface area contributed by atoms with Gasteiger partial charge in [-0.3, -0.25) is 10.2 Å². The van der Waals surface area contributed by atoms with E-state index in [0.717, 1.165) is 22.5 Å². The van der Waals surface area contributed by atoms with Crippen molar-refractivity contribution >= 4 is 11.8 Å². The van der Waals surface area contributed by atoms with Crippen molar-refractivity contribution in [1.82, 2.24) is 15.1 Å². The first-order chi connectivity index (χ1) is 16.3. The highest BCUT2D eigenvalue weighted by atomic mass is 16.6. The summed E-state index contributed by atoms with van der Waals surface area (Å²) in [6, 6.07) is 16.8. The van der Waals surface area contributed by atoms with E-state index >= 15 is 0 Å². The van der Waals surface area contributed by atoms with Gasteiger partial charge in [-0.25, -0.2) is 0 Å². The minimum absolute atomic E-state index is 0.134. The fraction of sp³-hybridized carbons (Fsp3) is 0.308. The van der Waals surface area contributed by atoms with Crippen LogP contribution in [0.25, 0.3) is 11.3 Å². The number of aromatic nitrogens is 2. The van der Waals surface area contributed by atoms with Crippen molar-refractivity contribution in [2.24, 2.45) is 11.8 Å². The molecule has 0 unspecified atom stereocenters. The van der Waals surface area contributed by atoms with Crippen molar-refractivity contribution in [1.29, 1.82) is 5.41 Å². The summed E-state index contributed by atoms with van der Waals surface area (Å²) in [5, 5.41) is 16.5. The van der Waals surface area contributed by atoms with Gasteiger partial charge in [-0.1, -0.05) is 26.8 Å². The molecular weight excluding hydrogens is 430 g/mol. The molecular formula is C26H29N5O3. The van der Waals surface area contributed by atoms with Crippen molar-refractivity contribution in [2.75, 3.05) is 6.54 Å². The molecule has 1 atom stereocenters. The third kappa shape index (κ3) is 5.23. The number of carbonyl (C=O) groups excluding carboxylic acids is 1. The molecule has 34 heavy (non-hydrogen) atoms. The number of nitrogens with zero attached hydrogens (tertiary/aromatic N) is 3. The van der Waals surface area contributed by atoms with Crippen LogP contribution in [0.2, 0.25) is 0 Å². The molecule has 1 aliphatic rings. The first-order valence-electron chi connectivity index (χ1n) is 11.3. The van der Waals surface area contributed by atoms with Crippen molar-refractivity contribution < 1.29 is 14.4 Å². The van der Waals surface area contributed by atoms with E-state index < -0.39 is 0 Å². The molecule has 0 aliphatic carbocycles. The van der Waals surface area contributed by atoms with Gasteiger partial charge < -0.3 is 14.5 Å². The standard InChI is InChI=1S/C26H29N5O3/c1-16(2)22-10-11-23(30-29-22)18-6-8-21(9-7-18)33-24-13-19(26(27)34-28)4-5-20(24)15-31-14-17(3)12-25(31)32/h4-11,13,16-17,27H,12,14-15,28H2,1-3H3/t17-/m0/s1. The Morgan fingerprint density at radius 3 is 2.50 bits per heavy atom. The average Bonchev–Trinajstić information content (AvgIpc) is 3.16. The number of benzene rings is 2. The SMILES string of the molecule is CC(C)c1ccc(-c2ccc(Oc3cc(C(=N)ON)ccc3CN3C[C@@H](C)CC3=O)cc2)nn1. The van der Waals surface area contributed by atoms with E-state index in [0.29, 0.717) is 48.4 Å². The van der Waals surface area contributed by atoms with Crippen molar-refractivity contribution in [3.8, 4) is 22.8 Å². The van der Waals surface area contributed by atoms with E-state index in [1.807, 2.05) is 47.4 Å². The van der Waals surface area contributed by atoms with Gasteiger partial charge in [0, 0.05) is 36.2 Å². The van der Waals surface area contributed by atoms with Gasteiger partial charge in [-0.05, 0) is 60.4 Å². The lowest BCUT2D eigenvalue weighted by molar-refractivity contribution is -0.128. The van der Waals surface area contributed by atoms with E-state index in [1.165, 1.54) is 0 Å². The first kappa shape index (κ1) is 23.4. The number of ether oxygens (including phenoxy) is 1. The van der Waals surface area contributed by atoms with Gasteiger partial charge in [0.25, 0.3) is 0 Å². The van der Waals surface area contributed by atoms with Crippen LogP contribution in [-0.2, 0) is 16.2 Å². The highest BCUT2D eigenvalue weighted by Crippen LogP contribution is 2.31. The van der Waals surface area contributed by atoms with Crippen LogP contribution in [0.4, 0.5) is 0 Å². The second-order valence-corrected chi connectivity index (χ2v) is 8.98. The van der Waals surface area contributed by atoms with Crippen LogP contribution in [-0.4, -0.2) is 33.4 Å². The lowest BCUT2D eigenvalue weighted by Crippen LogP contribution is -2.24. The molecule has 8 heteroatoms. The van der Waals surface area contributed by atoms with E-state index in [-0.39, 0.29) is 11.8 Å².